The Bertz CT molecular complexity index is 4150. The Labute approximate surface area is 626 Å². The highest BCUT2D eigenvalue weighted by Gasteiger charge is 2.41. The molecule has 0 saturated carbocycles. The maximum Gasteiger partial charge on any atom is 0.303 e. The van der Waals surface area contributed by atoms with Crippen LogP contribution in [-0.2, 0) is 101 Å². The molecule has 34 heteroatoms. The first-order valence-corrected chi connectivity index (χ1v) is 37.4. The Hall–Kier alpha value is -10.4. The number of amides is 6. The molecule has 2 aliphatic rings. The van der Waals surface area contributed by atoms with Crippen LogP contribution in [0.1, 0.15) is 165 Å². The molecule has 13 N–H and O–H groups in total. The lowest BCUT2D eigenvalue weighted by Crippen LogP contribution is -2.57. The van der Waals surface area contributed by atoms with Gasteiger partial charge in [0, 0.05) is 105 Å². The van der Waals surface area contributed by atoms with Crippen molar-refractivity contribution in [3.05, 3.63) is 131 Å². The van der Waals surface area contributed by atoms with Crippen LogP contribution in [0, 0.1) is 5.92 Å². The summed E-state index contributed by atoms with van der Waals surface area (Å²) in [5.74, 6) is -16.5. The zero-order valence-corrected chi connectivity index (χ0v) is 62.3. The second kappa shape index (κ2) is 41.6. The van der Waals surface area contributed by atoms with Crippen molar-refractivity contribution in [2.45, 2.75) is 195 Å². The lowest BCUT2D eigenvalue weighted by atomic mass is 9.81. The molecule has 2 aliphatic heterocycles. The topological polar surface area (TPSA) is 512 Å². The van der Waals surface area contributed by atoms with E-state index in [1.54, 1.807) is 61.6 Å². The first kappa shape index (κ1) is 88.2. The molecule has 32 nitrogen and oxygen atoms in total. The number of fused-ring (bicyclic) bond motifs is 2. The van der Waals surface area contributed by atoms with Gasteiger partial charge in [-0.05, 0) is 124 Å². The number of allylic oxidation sites excluding steroid dienone is 8. The van der Waals surface area contributed by atoms with Gasteiger partial charge in [-0.15, -0.1) is 0 Å². The summed E-state index contributed by atoms with van der Waals surface area (Å²) >= 11 is -2.16. The second-order valence-electron chi connectivity index (χ2n) is 26.8. The van der Waals surface area contributed by atoms with Crippen molar-refractivity contribution < 1.29 is 114 Å². The number of rotatable bonds is 47. The number of carbonyl (C=O) groups is 13. The molecule has 1 unspecified atom stereocenters. The number of aliphatic imine (C=N–C) groups is 1. The van der Waals surface area contributed by atoms with Gasteiger partial charge in [0.15, 0.2) is 22.6 Å². The number of hydrogen-bond donors (Lipinski definition) is 13. The maximum atomic E-state index is 14.3. The molecular weight excluding hydrogens is 1450 g/mol. The molecule has 2 heterocycles. The monoisotopic (exact) mass is 1540 g/mol. The highest BCUT2D eigenvalue weighted by Crippen LogP contribution is 2.49. The number of ketones is 2. The SMILES string of the molecule is CCOCCNC(=O)[C@H](Cc1ccc(C(C)=O)cc1)NC(=O)[C@@H](CCC(=O)O)NC(=O)[C@@H](CCC(=O)O)NC(=O)[C@@H](CCC(=O)O)CC(=O)[C@@H](CCC(=O)O)NC(=O)[C@@H](CCC(=O)O)NC(=O)CCCCCN1/C(=C/C=C/C=C/C=C/C2=Nc3ccc(S(=O)O)cc3C2(C)C)C(C)(C)c2cc(S(=O)(=O)O)ccc21. The summed E-state index contributed by atoms with van der Waals surface area (Å²) in [6, 6.07) is 6.69. The average Bonchev–Trinajstić information content (AvgIpc) is 1.59. The summed E-state index contributed by atoms with van der Waals surface area (Å²) in [4.78, 5) is 176. The maximum absolute atomic E-state index is 14.3. The lowest BCUT2D eigenvalue weighted by Gasteiger charge is -2.27. The zero-order valence-electron chi connectivity index (χ0n) is 60.7. The van der Waals surface area contributed by atoms with Crippen LogP contribution < -0.4 is 36.8 Å². The van der Waals surface area contributed by atoms with Crippen LogP contribution in [0.3, 0.4) is 0 Å². The van der Waals surface area contributed by atoms with Gasteiger partial charge in [-0.2, -0.15) is 8.42 Å². The number of benzene rings is 3. The fourth-order valence-electron chi connectivity index (χ4n) is 12.1. The van der Waals surface area contributed by atoms with Crippen LogP contribution in [0.25, 0.3) is 0 Å². The van der Waals surface area contributed by atoms with Crippen molar-refractivity contribution in [2.75, 3.05) is 31.2 Å². The van der Waals surface area contributed by atoms with Crippen LogP contribution in [0.15, 0.2) is 124 Å². The highest BCUT2D eigenvalue weighted by molar-refractivity contribution is 7.85. The number of carbonyl (C=O) groups excluding carboxylic acids is 8. The van der Waals surface area contributed by atoms with Crippen molar-refractivity contribution in [3.63, 3.8) is 0 Å². The molecular formula is C74H94N8O24S2. The summed E-state index contributed by atoms with van der Waals surface area (Å²) in [6.45, 7) is 11.5. The normalized spacial score (nSPS) is 15.9. The molecule has 108 heavy (non-hydrogen) atoms. The number of unbranched alkanes of at least 4 members (excludes halogenated alkanes) is 2. The fraction of sp³-hybridized carbons (Fsp3) is 0.459. The minimum atomic E-state index is -4.60. The highest BCUT2D eigenvalue weighted by atomic mass is 32.2. The number of carboxylic acids is 5. The van der Waals surface area contributed by atoms with E-state index in [9.17, 15) is 110 Å². The van der Waals surface area contributed by atoms with Gasteiger partial charge in [0.1, 0.15) is 24.2 Å². The molecule has 0 fully saturated rings. The molecule has 586 valence electrons. The molecule has 5 rings (SSSR count). The number of Topliss-reactive ketones (excluding diaryl/α,β-unsaturated/α-hetero) is 2. The third-order valence-corrected chi connectivity index (χ3v) is 19.5. The lowest BCUT2D eigenvalue weighted by molar-refractivity contribution is -0.141. The van der Waals surface area contributed by atoms with Gasteiger partial charge < -0.3 is 71.6 Å². The molecule has 6 amide bonds. The van der Waals surface area contributed by atoms with Gasteiger partial charge in [-0.1, -0.05) is 88.8 Å². The molecule has 0 saturated heterocycles. The Morgan fingerprint density at radius 1 is 0.583 bits per heavy atom. The quantitative estimate of drug-likeness (QED) is 0.0106. The van der Waals surface area contributed by atoms with E-state index in [0.717, 1.165) is 17.0 Å². The van der Waals surface area contributed by atoms with Crippen molar-refractivity contribution in [1.29, 1.82) is 0 Å². The minimum absolute atomic E-state index is 0.00403. The second-order valence-corrected chi connectivity index (χ2v) is 29.2. The smallest absolute Gasteiger partial charge is 0.303 e. The number of anilines is 1. The largest absolute Gasteiger partial charge is 0.481 e. The van der Waals surface area contributed by atoms with Crippen LogP contribution in [0.5, 0.6) is 0 Å². The predicted octanol–water partition coefficient (Wildman–Crippen LogP) is 5.71. The third-order valence-electron chi connectivity index (χ3n) is 18.0. The van der Waals surface area contributed by atoms with Crippen LogP contribution in [-0.4, -0.2) is 186 Å². The Kier molecular flexibility index (Phi) is 34.0. The van der Waals surface area contributed by atoms with Gasteiger partial charge in [0.05, 0.1) is 33.8 Å². The number of carboxylic acid groups (broad SMARTS) is 5. The number of aliphatic carboxylic acids is 5. The Balaban J connectivity index is 1.29. The molecule has 0 aliphatic carbocycles. The van der Waals surface area contributed by atoms with Crippen molar-refractivity contribution in [2.24, 2.45) is 10.9 Å². The fourth-order valence-corrected chi connectivity index (χ4v) is 13.0. The van der Waals surface area contributed by atoms with E-state index in [1.165, 1.54) is 43.3 Å². The summed E-state index contributed by atoms with van der Waals surface area (Å²) < 4.78 is 61.3. The molecule has 7 atom stereocenters. The van der Waals surface area contributed by atoms with E-state index < -0.39 is 210 Å². The molecule has 0 bridgehead atoms. The molecule has 0 spiro atoms. The number of hydrogen-bond acceptors (Lipinski definition) is 19. The number of ether oxygens (including phenoxy) is 1. The van der Waals surface area contributed by atoms with E-state index in [1.807, 2.05) is 44.7 Å². The Morgan fingerprint density at radius 3 is 1.67 bits per heavy atom. The van der Waals surface area contributed by atoms with E-state index >= 15 is 0 Å². The zero-order chi connectivity index (χ0) is 80.2. The van der Waals surface area contributed by atoms with Gasteiger partial charge in [0.25, 0.3) is 10.1 Å². The van der Waals surface area contributed by atoms with Gasteiger partial charge in [0.2, 0.25) is 35.4 Å². The standard InChI is InChI=1S/C74H94N8O24S2/c1-7-106-39-37-75-69(97)57(40-45-19-21-46(22-20-45)44(2)83)81-72(100)56(30-36-67(94)95)80-71(99)55(29-35-66(92)93)79-68(96)47(23-32-63(86)87)41-59(84)53(27-33-64(88)89)78-70(98)54(28-34-65(90)91)77-62(85)18-14-11-15-38-82-58-31-25-49(108(103,104)105)43-51(58)74(5,6)61(82)17-13-10-8-9-12-16-60-73(3,4)50-42-48(107(101)102)24-26-52(50)76-60/h8-10,12-13,16-17,19-22,24-26,31,42-43,47,53-57H,7,11,14-15,18,23,27-30,32-41H2,1-6H3,(H,75,97)(H,77,85)(H,78,98)(H,79,96)(H,80,99)(H,81,100)(H,86,87)(H,88,89)(H,90,91)(H,92,93)(H,94,95)(H,101,102)(H,103,104,105)/b9-8+,13-10+,16-12+,61-17+/t47-,53+,54+,55+,56+,57-/m0/s1. The predicted molar refractivity (Wildman–Crippen MR) is 393 cm³/mol. The summed E-state index contributed by atoms with van der Waals surface area (Å²) in [7, 11) is -4.60. The molecule has 3 aromatic rings. The average molecular weight is 1540 g/mol. The van der Waals surface area contributed by atoms with Crippen LogP contribution in [0.2, 0.25) is 0 Å². The summed E-state index contributed by atoms with van der Waals surface area (Å²) in [6.07, 6.45) is 5.24. The van der Waals surface area contributed by atoms with Crippen LogP contribution >= 0.6 is 0 Å². The molecule has 0 radical (unpaired) electrons. The van der Waals surface area contributed by atoms with Crippen molar-refractivity contribution in [3.8, 4) is 0 Å². The van der Waals surface area contributed by atoms with E-state index in [4.69, 9.17) is 9.73 Å². The van der Waals surface area contributed by atoms with Crippen LogP contribution in [0.4, 0.5) is 11.4 Å². The summed E-state index contributed by atoms with van der Waals surface area (Å²) in [5.41, 5.74) is 3.70. The van der Waals surface area contributed by atoms with Crippen molar-refractivity contribution in [1.82, 2.24) is 31.9 Å². The number of nitrogens with one attached hydrogen (secondary N) is 6. The first-order valence-electron chi connectivity index (χ1n) is 34.9. The van der Waals surface area contributed by atoms with E-state index in [-0.39, 0.29) is 48.0 Å². The van der Waals surface area contributed by atoms with Gasteiger partial charge in [-0.25, -0.2) is 4.21 Å². The van der Waals surface area contributed by atoms with E-state index in [2.05, 4.69) is 31.9 Å². The number of nitrogens with zero attached hydrogens (tertiary/aromatic N) is 2. The van der Waals surface area contributed by atoms with Crippen molar-refractivity contribution >= 4 is 115 Å². The van der Waals surface area contributed by atoms with Gasteiger partial charge in [-0.3, -0.25) is 71.9 Å². The summed E-state index contributed by atoms with van der Waals surface area (Å²) in [5, 5.41) is 62.9. The Morgan fingerprint density at radius 2 is 1.11 bits per heavy atom. The van der Waals surface area contributed by atoms with Gasteiger partial charge >= 0.3 is 29.8 Å². The minimum Gasteiger partial charge on any atom is -0.481 e. The van der Waals surface area contributed by atoms with E-state index in [0.29, 0.717) is 54.1 Å². The molecule has 3 aromatic carbocycles. The third kappa shape index (κ3) is 27.4. The first-order chi connectivity index (χ1) is 50.8. The molecule has 0 aromatic heterocycles.